The fourth-order valence-electron chi connectivity index (χ4n) is 1.58. The second kappa shape index (κ2) is 6.76. The maximum Gasteiger partial charge on any atom is 0.191 e. The summed E-state index contributed by atoms with van der Waals surface area (Å²) >= 11 is 7.43. The van der Waals surface area contributed by atoms with Crippen molar-refractivity contribution in [1.29, 1.82) is 0 Å². The molecule has 2 aromatic rings. The topological polar surface area (TPSA) is 49.8 Å². The molecule has 1 aromatic heterocycles. The van der Waals surface area contributed by atoms with Crippen LogP contribution in [0, 0.1) is 5.82 Å². The lowest BCUT2D eigenvalue weighted by Crippen LogP contribution is -2.03. The molecular weight excluding hydrogens is 299 g/mol. The molecule has 2 N–H and O–H groups in total. The molecule has 0 bridgehead atoms. The van der Waals surface area contributed by atoms with Crippen LogP contribution in [0.4, 0.5) is 21.7 Å². The fourth-order valence-corrected chi connectivity index (χ4v) is 2.17. The summed E-state index contributed by atoms with van der Waals surface area (Å²) in [7, 11) is 0. The first-order valence-corrected chi connectivity index (χ1v) is 7.61. The van der Waals surface area contributed by atoms with Crippen LogP contribution >= 0.6 is 23.4 Å². The monoisotopic (exact) mass is 312 g/mol. The van der Waals surface area contributed by atoms with Gasteiger partial charge in [-0.3, -0.25) is 0 Å². The van der Waals surface area contributed by atoms with E-state index in [2.05, 4.69) is 20.6 Å². The van der Waals surface area contributed by atoms with Gasteiger partial charge in [0.1, 0.15) is 17.5 Å². The number of nitrogens with zero attached hydrogens (tertiary/aromatic N) is 2. The minimum absolute atomic E-state index is 0.305. The van der Waals surface area contributed by atoms with Crippen LogP contribution in [0.3, 0.4) is 0 Å². The van der Waals surface area contributed by atoms with Gasteiger partial charge in [0.15, 0.2) is 5.16 Å². The quantitative estimate of drug-likeness (QED) is 0.641. The summed E-state index contributed by atoms with van der Waals surface area (Å²) in [5.41, 5.74) is 0.598. The van der Waals surface area contributed by atoms with Gasteiger partial charge in [-0.15, -0.1) is 0 Å². The predicted molar refractivity (Wildman–Crippen MR) is 82.7 cm³/mol. The summed E-state index contributed by atoms with van der Waals surface area (Å²) in [4.78, 5) is 8.67. The van der Waals surface area contributed by atoms with Crippen LogP contribution in [-0.4, -0.2) is 22.8 Å². The van der Waals surface area contributed by atoms with Crippen molar-refractivity contribution in [2.45, 2.75) is 12.1 Å². The molecule has 1 heterocycles. The first-order chi connectivity index (χ1) is 9.62. The van der Waals surface area contributed by atoms with E-state index in [0.29, 0.717) is 21.7 Å². The zero-order valence-corrected chi connectivity index (χ0v) is 12.6. The third-order valence-corrected chi connectivity index (χ3v) is 3.30. The Morgan fingerprint density at radius 3 is 2.65 bits per heavy atom. The van der Waals surface area contributed by atoms with Crippen molar-refractivity contribution >= 4 is 40.7 Å². The zero-order chi connectivity index (χ0) is 14.5. The lowest BCUT2D eigenvalue weighted by molar-refractivity contribution is 0.628. The van der Waals surface area contributed by atoms with Gasteiger partial charge in [-0.05, 0) is 31.4 Å². The van der Waals surface area contributed by atoms with Gasteiger partial charge in [0.05, 0.1) is 10.7 Å². The third-order valence-electron chi connectivity index (χ3n) is 2.44. The predicted octanol–water partition coefficient (Wildman–Crippen LogP) is 4.17. The van der Waals surface area contributed by atoms with Crippen molar-refractivity contribution in [2.75, 3.05) is 23.4 Å². The van der Waals surface area contributed by atoms with Crippen LogP contribution in [0.2, 0.25) is 5.02 Å². The highest BCUT2D eigenvalue weighted by Gasteiger charge is 2.07. The van der Waals surface area contributed by atoms with Crippen molar-refractivity contribution in [3.05, 3.63) is 35.1 Å². The molecule has 0 amide bonds. The fraction of sp³-hybridized carbons (Fsp3) is 0.231. The number of thioether (sulfide) groups is 1. The van der Waals surface area contributed by atoms with E-state index in [0.717, 1.165) is 12.4 Å². The second-order valence-electron chi connectivity index (χ2n) is 3.90. The molecule has 1 aromatic carbocycles. The van der Waals surface area contributed by atoms with Gasteiger partial charge < -0.3 is 10.6 Å². The van der Waals surface area contributed by atoms with Gasteiger partial charge in [0, 0.05) is 12.6 Å². The van der Waals surface area contributed by atoms with E-state index >= 15 is 0 Å². The van der Waals surface area contributed by atoms with Crippen molar-refractivity contribution in [2.24, 2.45) is 0 Å². The Morgan fingerprint density at radius 2 is 2.00 bits per heavy atom. The van der Waals surface area contributed by atoms with Gasteiger partial charge in [-0.2, -0.15) is 0 Å². The van der Waals surface area contributed by atoms with Crippen LogP contribution in [0.5, 0.6) is 0 Å². The molecule has 2 rings (SSSR count). The summed E-state index contributed by atoms with van der Waals surface area (Å²) in [5.74, 6) is 0.961. The smallest absolute Gasteiger partial charge is 0.191 e. The molecule has 0 saturated heterocycles. The van der Waals surface area contributed by atoms with Gasteiger partial charge in [-0.1, -0.05) is 23.4 Å². The number of benzene rings is 1. The molecule has 0 aliphatic rings. The molecule has 4 nitrogen and oxygen atoms in total. The Labute approximate surface area is 126 Å². The Kier molecular flexibility index (Phi) is 5.03. The number of halogens is 2. The highest BCUT2D eigenvalue weighted by atomic mass is 35.5. The minimum Gasteiger partial charge on any atom is -0.370 e. The largest absolute Gasteiger partial charge is 0.370 e. The summed E-state index contributed by atoms with van der Waals surface area (Å²) < 4.78 is 13.0. The number of hydrogen-bond acceptors (Lipinski definition) is 5. The highest BCUT2D eigenvalue weighted by Crippen LogP contribution is 2.27. The van der Waals surface area contributed by atoms with Gasteiger partial charge in [0.25, 0.3) is 0 Å². The van der Waals surface area contributed by atoms with Crippen LogP contribution in [0.25, 0.3) is 0 Å². The molecule has 0 spiro atoms. The van der Waals surface area contributed by atoms with Crippen molar-refractivity contribution in [1.82, 2.24) is 9.97 Å². The summed E-state index contributed by atoms with van der Waals surface area (Å²) in [6.45, 7) is 2.76. The maximum atomic E-state index is 13.0. The Morgan fingerprint density at radius 1 is 1.25 bits per heavy atom. The molecule has 0 unspecified atom stereocenters. The molecule has 0 aliphatic carbocycles. The molecular formula is C13H14ClFN4S. The Bertz CT molecular complexity index is 609. The van der Waals surface area contributed by atoms with Crippen LogP contribution < -0.4 is 10.6 Å². The highest BCUT2D eigenvalue weighted by molar-refractivity contribution is 7.98. The van der Waals surface area contributed by atoms with Crippen LogP contribution in [0.1, 0.15) is 6.92 Å². The van der Waals surface area contributed by atoms with E-state index in [1.807, 2.05) is 13.2 Å². The molecule has 0 aliphatic heterocycles. The van der Waals surface area contributed by atoms with E-state index < -0.39 is 0 Å². The number of aromatic nitrogens is 2. The summed E-state index contributed by atoms with van der Waals surface area (Å²) in [5, 5.41) is 7.15. The van der Waals surface area contributed by atoms with E-state index in [9.17, 15) is 4.39 Å². The minimum atomic E-state index is -0.374. The molecule has 0 atom stereocenters. The molecule has 0 saturated carbocycles. The number of nitrogens with one attached hydrogen (secondary N) is 2. The van der Waals surface area contributed by atoms with Gasteiger partial charge in [-0.25, -0.2) is 14.4 Å². The summed E-state index contributed by atoms with van der Waals surface area (Å²) in [6.07, 6.45) is 1.90. The number of anilines is 3. The van der Waals surface area contributed by atoms with E-state index in [1.54, 1.807) is 12.1 Å². The number of rotatable bonds is 5. The SMILES string of the molecule is CCNc1cc(Nc2ccc(F)cc2Cl)nc(SC)n1. The normalized spacial score (nSPS) is 10.4. The summed E-state index contributed by atoms with van der Waals surface area (Å²) in [6, 6.07) is 5.95. The molecule has 0 fully saturated rings. The average molecular weight is 313 g/mol. The van der Waals surface area contributed by atoms with Crippen LogP contribution in [0.15, 0.2) is 29.4 Å². The third kappa shape index (κ3) is 3.74. The molecule has 106 valence electrons. The maximum absolute atomic E-state index is 13.0. The lowest BCUT2D eigenvalue weighted by Gasteiger charge is -2.10. The van der Waals surface area contributed by atoms with Crippen LogP contribution in [-0.2, 0) is 0 Å². The van der Waals surface area contributed by atoms with E-state index in [1.165, 1.54) is 23.9 Å². The van der Waals surface area contributed by atoms with E-state index in [-0.39, 0.29) is 5.82 Å². The number of hydrogen-bond donors (Lipinski definition) is 2. The van der Waals surface area contributed by atoms with Gasteiger partial charge in [0.2, 0.25) is 0 Å². The van der Waals surface area contributed by atoms with Crippen molar-refractivity contribution < 1.29 is 4.39 Å². The zero-order valence-electron chi connectivity index (χ0n) is 11.1. The lowest BCUT2D eigenvalue weighted by atomic mass is 10.3. The van der Waals surface area contributed by atoms with E-state index in [4.69, 9.17) is 11.6 Å². The Balaban J connectivity index is 2.29. The Hall–Kier alpha value is -1.53. The van der Waals surface area contributed by atoms with Crippen molar-refractivity contribution in [3.8, 4) is 0 Å². The second-order valence-corrected chi connectivity index (χ2v) is 5.09. The molecule has 20 heavy (non-hydrogen) atoms. The molecule has 7 heteroatoms. The molecule has 0 radical (unpaired) electrons. The average Bonchev–Trinajstić information content (AvgIpc) is 2.42. The first-order valence-electron chi connectivity index (χ1n) is 6.01. The van der Waals surface area contributed by atoms with Gasteiger partial charge >= 0.3 is 0 Å². The standard InChI is InChI=1S/C13H14ClFN4S/c1-3-16-11-7-12(19-13(18-11)20-2)17-10-5-4-8(15)6-9(10)14/h4-7H,3H2,1-2H3,(H2,16,17,18,19). The first kappa shape index (κ1) is 14.9. The van der Waals surface area contributed by atoms with Crippen molar-refractivity contribution in [3.63, 3.8) is 0 Å².